The van der Waals surface area contributed by atoms with Crippen molar-refractivity contribution in [1.82, 2.24) is 10.2 Å². The lowest BCUT2D eigenvalue weighted by Crippen LogP contribution is -2.44. The van der Waals surface area contributed by atoms with Crippen LogP contribution in [0.2, 0.25) is 0 Å². The van der Waals surface area contributed by atoms with Gasteiger partial charge in [-0.3, -0.25) is 4.90 Å². The number of hydrogen-bond donors (Lipinski definition) is 2. The van der Waals surface area contributed by atoms with Gasteiger partial charge in [-0.15, -0.1) is 0 Å². The van der Waals surface area contributed by atoms with Gasteiger partial charge in [-0.1, -0.05) is 36.8 Å². The van der Waals surface area contributed by atoms with Crippen LogP contribution < -0.4 is 5.32 Å². The van der Waals surface area contributed by atoms with E-state index in [0.717, 1.165) is 18.4 Å². The monoisotopic (exact) mass is 314 g/mol. The zero-order valence-corrected chi connectivity index (χ0v) is 14.0. The lowest BCUT2D eigenvalue weighted by molar-refractivity contribution is 0.191. The minimum atomic E-state index is 0.360. The Bertz CT molecular complexity index is 506. The van der Waals surface area contributed by atoms with Crippen molar-refractivity contribution in [3.63, 3.8) is 0 Å². The van der Waals surface area contributed by atoms with Crippen LogP contribution in [0.4, 0.5) is 0 Å². The molecule has 3 heteroatoms. The van der Waals surface area contributed by atoms with Crippen molar-refractivity contribution >= 4 is 0 Å². The van der Waals surface area contributed by atoms with E-state index in [1.54, 1.807) is 0 Å². The van der Waals surface area contributed by atoms with Gasteiger partial charge in [0.2, 0.25) is 0 Å². The topological polar surface area (TPSA) is 35.5 Å². The largest absolute Gasteiger partial charge is 0.396 e. The number of fused-ring (bicyclic) bond motifs is 1. The maximum atomic E-state index is 9.56. The lowest BCUT2D eigenvalue weighted by Gasteiger charge is -2.28. The van der Waals surface area contributed by atoms with Crippen LogP contribution in [0.5, 0.6) is 0 Å². The molecular weight excluding hydrogens is 284 g/mol. The number of benzene rings is 1. The molecule has 0 radical (unpaired) electrons. The standard InChI is InChI=1S/C20H30N2O/c23-14-17-7-4-8-19(17)21-20-10-9-16-12-22(13-18(16)20)11-15-5-2-1-3-6-15/h1-3,5-6,16-21,23H,4,7-14H2/t16-,17+,18+,19+,20-/m1/s1. The van der Waals surface area contributed by atoms with Gasteiger partial charge in [-0.05, 0) is 49.0 Å². The molecule has 4 rings (SSSR count). The van der Waals surface area contributed by atoms with Crippen LogP contribution in [0, 0.1) is 17.8 Å². The van der Waals surface area contributed by atoms with Crippen LogP contribution in [0.3, 0.4) is 0 Å². The van der Waals surface area contributed by atoms with E-state index < -0.39 is 0 Å². The van der Waals surface area contributed by atoms with Gasteiger partial charge in [0.1, 0.15) is 0 Å². The summed E-state index contributed by atoms with van der Waals surface area (Å²) < 4.78 is 0. The van der Waals surface area contributed by atoms with Crippen LogP contribution >= 0.6 is 0 Å². The minimum Gasteiger partial charge on any atom is -0.396 e. The normalized spacial score (nSPS) is 37.3. The highest BCUT2D eigenvalue weighted by Gasteiger charge is 2.43. The second-order valence-corrected chi connectivity index (χ2v) is 7.93. The molecule has 1 saturated heterocycles. The van der Waals surface area contributed by atoms with Crippen molar-refractivity contribution in [3.8, 4) is 0 Å². The first-order chi connectivity index (χ1) is 11.3. The molecule has 0 bridgehead atoms. The van der Waals surface area contributed by atoms with Crippen molar-refractivity contribution in [2.45, 2.75) is 50.7 Å². The van der Waals surface area contributed by atoms with Gasteiger partial charge in [-0.2, -0.15) is 0 Å². The van der Waals surface area contributed by atoms with E-state index >= 15 is 0 Å². The van der Waals surface area contributed by atoms with Gasteiger partial charge < -0.3 is 10.4 Å². The molecule has 5 atom stereocenters. The average Bonchev–Trinajstić information content (AvgIpc) is 3.26. The molecule has 23 heavy (non-hydrogen) atoms. The quantitative estimate of drug-likeness (QED) is 0.877. The van der Waals surface area contributed by atoms with Crippen LogP contribution in [0.1, 0.15) is 37.7 Å². The van der Waals surface area contributed by atoms with Gasteiger partial charge in [0.05, 0.1) is 0 Å². The molecule has 3 aliphatic rings. The van der Waals surface area contributed by atoms with Crippen molar-refractivity contribution in [1.29, 1.82) is 0 Å². The van der Waals surface area contributed by atoms with Crippen molar-refractivity contribution in [3.05, 3.63) is 35.9 Å². The Morgan fingerprint density at radius 1 is 1.00 bits per heavy atom. The van der Waals surface area contributed by atoms with E-state index in [0.29, 0.717) is 24.6 Å². The predicted octanol–water partition coefficient (Wildman–Crippen LogP) is 2.65. The Hall–Kier alpha value is -0.900. The molecule has 2 saturated carbocycles. The fourth-order valence-electron chi connectivity index (χ4n) is 5.29. The number of rotatable bonds is 5. The second kappa shape index (κ2) is 6.92. The highest BCUT2D eigenvalue weighted by atomic mass is 16.3. The first kappa shape index (κ1) is 15.6. The van der Waals surface area contributed by atoms with Crippen LogP contribution in [0.25, 0.3) is 0 Å². The molecule has 0 unspecified atom stereocenters. The number of nitrogens with one attached hydrogen (secondary N) is 1. The number of hydrogen-bond acceptors (Lipinski definition) is 3. The van der Waals surface area contributed by atoms with E-state index in [-0.39, 0.29) is 0 Å². The summed E-state index contributed by atoms with van der Waals surface area (Å²) in [6.45, 7) is 3.97. The smallest absolute Gasteiger partial charge is 0.0474 e. The molecule has 126 valence electrons. The summed E-state index contributed by atoms with van der Waals surface area (Å²) in [6.07, 6.45) is 6.46. The average molecular weight is 314 g/mol. The SMILES string of the molecule is OC[C@@H]1CCC[C@@H]1N[C@@H]1CC[C@@H]2CN(Cc3ccccc3)C[C@@H]21. The summed E-state index contributed by atoms with van der Waals surface area (Å²) in [5.41, 5.74) is 1.44. The molecular formula is C20H30N2O. The Kier molecular flexibility index (Phi) is 4.70. The van der Waals surface area contributed by atoms with Crippen LogP contribution in [0.15, 0.2) is 30.3 Å². The molecule has 2 aliphatic carbocycles. The Balaban J connectivity index is 1.34. The Morgan fingerprint density at radius 3 is 2.70 bits per heavy atom. The fourth-order valence-corrected chi connectivity index (χ4v) is 5.29. The van der Waals surface area contributed by atoms with E-state index in [1.165, 1.54) is 50.8 Å². The zero-order chi connectivity index (χ0) is 15.6. The highest BCUT2D eigenvalue weighted by Crippen LogP contribution is 2.40. The lowest BCUT2D eigenvalue weighted by atomic mass is 9.96. The fraction of sp³-hybridized carbons (Fsp3) is 0.700. The van der Waals surface area contributed by atoms with Gasteiger partial charge in [-0.25, -0.2) is 0 Å². The first-order valence-electron chi connectivity index (χ1n) is 9.46. The molecule has 0 amide bonds. The summed E-state index contributed by atoms with van der Waals surface area (Å²) in [7, 11) is 0. The third-order valence-corrected chi connectivity index (χ3v) is 6.50. The molecule has 1 aliphatic heterocycles. The molecule has 1 aromatic rings. The van der Waals surface area contributed by atoms with E-state index in [1.807, 2.05) is 0 Å². The van der Waals surface area contributed by atoms with Gasteiger partial charge in [0, 0.05) is 38.3 Å². The van der Waals surface area contributed by atoms with Crippen molar-refractivity contribution < 1.29 is 5.11 Å². The number of aliphatic hydroxyl groups excluding tert-OH is 1. The molecule has 1 aromatic carbocycles. The summed E-state index contributed by atoms with van der Waals surface area (Å²) in [5, 5.41) is 13.5. The third kappa shape index (κ3) is 3.33. The van der Waals surface area contributed by atoms with Crippen molar-refractivity contribution in [2.24, 2.45) is 17.8 Å². The summed E-state index contributed by atoms with van der Waals surface area (Å²) in [6, 6.07) is 12.1. The van der Waals surface area contributed by atoms with Crippen LogP contribution in [-0.2, 0) is 6.54 Å². The Morgan fingerprint density at radius 2 is 1.87 bits per heavy atom. The summed E-state index contributed by atoms with van der Waals surface area (Å²) in [4.78, 5) is 2.65. The van der Waals surface area contributed by atoms with E-state index in [2.05, 4.69) is 40.5 Å². The molecule has 3 nitrogen and oxygen atoms in total. The number of aliphatic hydroxyl groups is 1. The maximum Gasteiger partial charge on any atom is 0.0474 e. The first-order valence-corrected chi connectivity index (χ1v) is 9.46. The number of nitrogens with zero attached hydrogens (tertiary/aromatic N) is 1. The van der Waals surface area contributed by atoms with E-state index in [4.69, 9.17) is 0 Å². The highest BCUT2D eigenvalue weighted by molar-refractivity contribution is 5.15. The molecule has 3 fully saturated rings. The zero-order valence-electron chi connectivity index (χ0n) is 14.0. The van der Waals surface area contributed by atoms with E-state index in [9.17, 15) is 5.11 Å². The van der Waals surface area contributed by atoms with Crippen molar-refractivity contribution in [2.75, 3.05) is 19.7 Å². The van der Waals surface area contributed by atoms with Gasteiger partial charge >= 0.3 is 0 Å². The maximum absolute atomic E-state index is 9.56. The summed E-state index contributed by atoms with van der Waals surface area (Å²) in [5.74, 6) is 2.19. The Labute approximate surface area is 140 Å². The second-order valence-electron chi connectivity index (χ2n) is 7.93. The molecule has 1 heterocycles. The van der Waals surface area contributed by atoms with Gasteiger partial charge in [0.15, 0.2) is 0 Å². The predicted molar refractivity (Wildman–Crippen MR) is 93.1 cm³/mol. The van der Waals surface area contributed by atoms with Gasteiger partial charge in [0.25, 0.3) is 0 Å². The molecule has 0 spiro atoms. The summed E-state index contributed by atoms with van der Waals surface area (Å²) >= 11 is 0. The number of likely N-dealkylation sites (tertiary alicyclic amines) is 1. The molecule has 0 aromatic heterocycles. The van der Waals surface area contributed by atoms with Crippen LogP contribution in [-0.4, -0.2) is 41.8 Å². The minimum absolute atomic E-state index is 0.360. The molecule has 2 N–H and O–H groups in total. The third-order valence-electron chi connectivity index (χ3n) is 6.50.